The SMILES string of the molecule is CCCCCCCCCCCCCCCOC(CC(O)C(O)C(OC(c1ccccc1)(c1ccccc1)c1ccccc1)C(O)CC)OCCCCCCCCCCCCCCC. The van der Waals surface area contributed by atoms with Crippen molar-refractivity contribution in [3.05, 3.63) is 108 Å². The summed E-state index contributed by atoms with van der Waals surface area (Å²) in [5, 5.41) is 35.5. The first-order valence-corrected chi connectivity index (χ1v) is 26.1. The molecule has 0 aliphatic rings. The van der Waals surface area contributed by atoms with Gasteiger partial charge in [-0.1, -0.05) is 266 Å². The highest BCUT2D eigenvalue weighted by Crippen LogP contribution is 2.42. The van der Waals surface area contributed by atoms with Gasteiger partial charge in [-0.15, -0.1) is 0 Å². The first kappa shape index (κ1) is 54.8. The maximum atomic E-state index is 12.1. The Balaban J connectivity index is 1.61. The third-order valence-corrected chi connectivity index (χ3v) is 12.9. The molecule has 3 aromatic carbocycles. The molecule has 0 bridgehead atoms. The minimum atomic E-state index is -1.42. The Morgan fingerprint density at radius 2 is 0.698 bits per heavy atom. The van der Waals surface area contributed by atoms with E-state index in [1.165, 1.54) is 141 Å². The largest absolute Gasteiger partial charge is 0.390 e. The molecule has 0 spiro atoms. The number of hydrogen-bond acceptors (Lipinski definition) is 6. The van der Waals surface area contributed by atoms with Gasteiger partial charge in [-0.05, 0) is 36.0 Å². The highest BCUT2D eigenvalue weighted by Gasteiger charge is 2.45. The van der Waals surface area contributed by atoms with Crippen molar-refractivity contribution in [3.63, 3.8) is 0 Å². The molecule has 4 atom stereocenters. The molecule has 0 radical (unpaired) electrons. The van der Waals surface area contributed by atoms with E-state index in [4.69, 9.17) is 14.2 Å². The summed E-state index contributed by atoms with van der Waals surface area (Å²) in [7, 11) is 0. The third kappa shape index (κ3) is 22.0. The van der Waals surface area contributed by atoms with E-state index in [2.05, 4.69) is 13.8 Å². The average molecular weight is 873 g/mol. The smallest absolute Gasteiger partial charge is 0.160 e. The number of hydrogen-bond donors (Lipinski definition) is 3. The molecule has 0 amide bonds. The Morgan fingerprint density at radius 3 is 1.00 bits per heavy atom. The van der Waals surface area contributed by atoms with Crippen molar-refractivity contribution in [2.24, 2.45) is 0 Å². The zero-order chi connectivity index (χ0) is 45.1. The first-order chi connectivity index (χ1) is 31.0. The van der Waals surface area contributed by atoms with Gasteiger partial charge in [0.05, 0.1) is 12.2 Å². The molecular formula is C57H92O6. The van der Waals surface area contributed by atoms with E-state index in [0.29, 0.717) is 19.6 Å². The van der Waals surface area contributed by atoms with Crippen LogP contribution in [-0.2, 0) is 19.8 Å². The van der Waals surface area contributed by atoms with Crippen LogP contribution in [0.15, 0.2) is 91.0 Å². The fraction of sp³-hybridized carbons (Fsp3) is 0.684. The lowest BCUT2D eigenvalue weighted by Gasteiger charge is -2.42. The molecule has 0 fully saturated rings. The number of ether oxygens (including phenoxy) is 3. The normalized spacial score (nSPS) is 14.0. The van der Waals surface area contributed by atoms with Crippen LogP contribution in [0.2, 0.25) is 0 Å². The highest BCUT2D eigenvalue weighted by atomic mass is 16.7. The molecule has 3 N–H and O–H groups in total. The van der Waals surface area contributed by atoms with Gasteiger partial charge in [-0.3, -0.25) is 0 Å². The second-order valence-corrected chi connectivity index (χ2v) is 18.3. The molecule has 63 heavy (non-hydrogen) atoms. The molecule has 356 valence electrons. The Morgan fingerprint density at radius 1 is 0.397 bits per heavy atom. The standard InChI is InChI=1S/C57H92O6/c1-4-7-9-11-13-15-17-19-21-23-25-27-38-46-61-54(62-47-39-28-26-24-22-20-18-16-14-12-10-8-5-2)48-53(59)55(60)56(52(58)6-3)63-57(49-40-32-29-33-41-49,50-42-34-30-35-43-50)51-44-36-31-37-45-51/h29-37,40-45,52-56,58-60H,4-28,38-39,46-48H2,1-3H3. The van der Waals surface area contributed by atoms with Gasteiger partial charge in [0.15, 0.2) is 6.29 Å². The number of unbranched alkanes of at least 4 members (excludes halogenated alkanes) is 24. The van der Waals surface area contributed by atoms with E-state index in [9.17, 15) is 15.3 Å². The number of aliphatic hydroxyl groups is 3. The minimum Gasteiger partial charge on any atom is -0.390 e. The van der Waals surface area contributed by atoms with Crippen LogP contribution in [0.5, 0.6) is 0 Å². The van der Waals surface area contributed by atoms with Crippen molar-refractivity contribution in [2.45, 2.75) is 237 Å². The second kappa shape index (κ2) is 35.7. The predicted octanol–water partition coefficient (Wildman–Crippen LogP) is 14.8. The monoisotopic (exact) mass is 873 g/mol. The van der Waals surface area contributed by atoms with Crippen LogP contribution in [0.4, 0.5) is 0 Å². The molecule has 4 unspecified atom stereocenters. The first-order valence-electron chi connectivity index (χ1n) is 26.1. The predicted molar refractivity (Wildman–Crippen MR) is 264 cm³/mol. The van der Waals surface area contributed by atoms with Gasteiger partial charge in [0.1, 0.15) is 17.8 Å². The summed E-state index contributed by atoms with van der Waals surface area (Å²) in [4.78, 5) is 0. The molecule has 3 rings (SSSR count). The van der Waals surface area contributed by atoms with E-state index in [1.54, 1.807) is 0 Å². The molecule has 0 aliphatic heterocycles. The lowest BCUT2D eigenvalue weighted by atomic mass is 9.79. The molecule has 6 nitrogen and oxygen atoms in total. The number of benzene rings is 3. The summed E-state index contributed by atoms with van der Waals surface area (Å²) in [5.41, 5.74) is 1.40. The van der Waals surface area contributed by atoms with Crippen molar-refractivity contribution in [1.29, 1.82) is 0 Å². The van der Waals surface area contributed by atoms with Crippen LogP contribution in [0, 0.1) is 0 Å². The van der Waals surface area contributed by atoms with E-state index >= 15 is 0 Å². The number of aliphatic hydroxyl groups excluding tert-OH is 3. The van der Waals surface area contributed by atoms with Gasteiger partial charge in [0, 0.05) is 19.6 Å². The third-order valence-electron chi connectivity index (χ3n) is 12.9. The second-order valence-electron chi connectivity index (χ2n) is 18.3. The summed E-state index contributed by atoms with van der Waals surface area (Å²) in [5.74, 6) is 0. The quantitative estimate of drug-likeness (QED) is 0.0299. The Hall–Kier alpha value is -2.58. The highest BCUT2D eigenvalue weighted by molar-refractivity contribution is 5.47. The van der Waals surface area contributed by atoms with E-state index < -0.39 is 36.3 Å². The maximum Gasteiger partial charge on any atom is 0.160 e. The molecule has 3 aromatic rings. The van der Waals surface area contributed by atoms with Gasteiger partial charge in [-0.25, -0.2) is 0 Å². The van der Waals surface area contributed by atoms with Crippen LogP contribution in [0.1, 0.15) is 217 Å². The summed E-state index contributed by atoms with van der Waals surface area (Å²) in [6, 6.07) is 29.9. The van der Waals surface area contributed by atoms with Crippen molar-refractivity contribution >= 4 is 0 Å². The van der Waals surface area contributed by atoms with Crippen molar-refractivity contribution in [3.8, 4) is 0 Å². The summed E-state index contributed by atoms with van der Waals surface area (Å²) >= 11 is 0. The van der Waals surface area contributed by atoms with Crippen LogP contribution >= 0.6 is 0 Å². The maximum absolute atomic E-state index is 12.1. The molecule has 0 saturated carbocycles. The minimum absolute atomic E-state index is 0.0728. The van der Waals surface area contributed by atoms with Gasteiger partial charge in [-0.2, -0.15) is 0 Å². The molecule has 0 heterocycles. The molecule has 0 saturated heterocycles. The topological polar surface area (TPSA) is 88.4 Å². The summed E-state index contributed by atoms with van der Waals surface area (Å²) < 4.78 is 19.9. The van der Waals surface area contributed by atoms with Crippen LogP contribution < -0.4 is 0 Å². The lowest BCUT2D eigenvalue weighted by molar-refractivity contribution is -0.198. The van der Waals surface area contributed by atoms with E-state index in [1.807, 2.05) is 97.9 Å². The Labute approximate surface area is 386 Å². The fourth-order valence-corrected chi connectivity index (χ4v) is 8.94. The fourth-order valence-electron chi connectivity index (χ4n) is 8.94. The Kier molecular flexibility index (Phi) is 31.0. The van der Waals surface area contributed by atoms with Gasteiger partial charge < -0.3 is 29.5 Å². The van der Waals surface area contributed by atoms with Gasteiger partial charge >= 0.3 is 0 Å². The van der Waals surface area contributed by atoms with Crippen molar-refractivity contribution in [2.75, 3.05) is 13.2 Å². The summed E-state index contributed by atoms with van der Waals surface area (Å²) in [6.45, 7) is 7.51. The van der Waals surface area contributed by atoms with E-state index in [-0.39, 0.29) is 6.42 Å². The average Bonchev–Trinajstić information content (AvgIpc) is 3.32. The lowest BCUT2D eigenvalue weighted by Crippen LogP contribution is -2.51. The van der Waals surface area contributed by atoms with Crippen LogP contribution in [0.3, 0.4) is 0 Å². The zero-order valence-corrected chi connectivity index (χ0v) is 40.3. The molecule has 0 aromatic heterocycles. The zero-order valence-electron chi connectivity index (χ0n) is 40.3. The van der Waals surface area contributed by atoms with E-state index in [0.717, 1.165) is 42.4 Å². The van der Waals surface area contributed by atoms with Crippen molar-refractivity contribution in [1.82, 2.24) is 0 Å². The van der Waals surface area contributed by atoms with Crippen molar-refractivity contribution < 1.29 is 29.5 Å². The molecular weight excluding hydrogens is 781 g/mol. The number of rotatable bonds is 41. The Bertz CT molecular complexity index is 1310. The van der Waals surface area contributed by atoms with Crippen LogP contribution in [-0.4, -0.2) is 59.2 Å². The molecule has 6 heteroatoms. The molecule has 0 aliphatic carbocycles. The van der Waals surface area contributed by atoms with Crippen LogP contribution in [0.25, 0.3) is 0 Å². The van der Waals surface area contributed by atoms with Gasteiger partial charge in [0.25, 0.3) is 0 Å². The summed E-state index contributed by atoms with van der Waals surface area (Å²) in [6.07, 6.45) is 28.3. The van der Waals surface area contributed by atoms with Gasteiger partial charge in [0.2, 0.25) is 0 Å².